The highest BCUT2D eigenvalue weighted by Crippen LogP contribution is 2.29. The highest BCUT2D eigenvalue weighted by Gasteiger charge is 2.24. The number of amides is 2. The molecule has 0 aliphatic carbocycles. The van der Waals surface area contributed by atoms with E-state index >= 15 is 0 Å². The van der Waals surface area contributed by atoms with Gasteiger partial charge in [0.05, 0.1) is 0 Å². The third-order valence-electron chi connectivity index (χ3n) is 6.46. The van der Waals surface area contributed by atoms with Crippen LogP contribution in [0.25, 0.3) is 0 Å². The molecule has 1 fully saturated rings. The summed E-state index contributed by atoms with van der Waals surface area (Å²) in [6, 6.07) is 9.87. The number of piperidine rings is 1. The first kappa shape index (κ1) is 20.4. The SMILES string of the molecule is CC(=O)N1CCc2cc(C(=O)N(C)CCC3CCN(c4ccncc4)CC3)ccc21. The van der Waals surface area contributed by atoms with Crippen LogP contribution in [-0.2, 0) is 11.2 Å². The molecule has 2 aliphatic heterocycles. The normalized spacial score (nSPS) is 16.5. The quantitative estimate of drug-likeness (QED) is 0.764. The first-order valence-corrected chi connectivity index (χ1v) is 10.8. The van der Waals surface area contributed by atoms with Crippen molar-refractivity contribution in [1.82, 2.24) is 9.88 Å². The number of carbonyl (C=O) groups excluding carboxylic acids is 2. The van der Waals surface area contributed by atoms with Crippen LogP contribution in [-0.4, -0.2) is 54.9 Å². The minimum Gasteiger partial charge on any atom is -0.371 e. The van der Waals surface area contributed by atoms with Crippen molar-refractivity contribution in [2.45, 2.75) is 32.6 Å². The number of hydrogen-bond acceptors (Lipinski definition) is 4. The number of carbonyl (C=O) groups is 2. The summed E-state index contributed by atoms with van der Waals surface area (Å²) < 4.78 is 0. The second-order valence-electron chi connectivity index (χ2n) is 8.42. The van der Waals surface area contributed by atoms with Crippen molar-refractivity contribution in [2.75, 3.05) is 43.0 Å². The van der Waals surface area contributed by atoms with E-state index in [1.54, 1.807) is 11.8 Å². The summed E-state index contributed by atoms with van der Waals surface area (Å²) in [5.74, 6) is 0.774. The van der Waals surface area contributed by atoms with Crippen molar-refractivity contribution in [1.29, 1.82) is 0 Å². The van der Waals surface area contributed by atoms with Crippen LogP contribution in [0.3, 0.4) is 0 Å². The number of aromatic nitrogens is 1. The number of benzene rings is 1. The van der Waals surface area contributed by atoms with Crippen LogP contribution in [0.5, 0.6) is 0 Å². The predicted molar refractivity (Wildman–Crippen MR) is 119 cm³/mol. The molecule has 0 saturated carbocycles. The van der Waals surface area contributed by atoms with Gasteiger partial charge in [-0.15, -0.1) is 0 Å². The van der Waals surface area contributed by atoms with E-state index in [0.717, 1.165) is 56.6 Å². The fourth-order valence-corrected chi connectivity index (χ4v) is 4.59. The Kier molecular flexibility index (Phi) is 6.02. The topological polar surface area (TPSA) is 56.8 Å². The summed E-state index contributed by atoms with van der Waals surface area (Å²) in [7, 11) is 1.89. The number of rotatable bonds is 5. The highest BCUT2D eigenvalue weighted by molar-refractivity contribution is 5.97. The molecule has 0 bridgehead atoms. The Morgan fingerprint density at radius 1 is 1.10 bits per heavy atom. The molecule has 6 nitrogen and oxygen atoms in total. The van der Waals surface area contributed by atoms with Gasteiger partial charge in [0, 0.05) is 69.5 Å². The summed E-state index contributed by atoms with van der Waals surface area (Å²) in [4.78, 5) is 34.8. The molecule has 3 heterocycles. The Morgan fingerprint density at radius 3 is 2.53 bits per heavy atom. The van der Waals surface area contributed by atoms with Gasteiger partial charge in [-0.3, -0.25) is 14.6 Å². The van der Waals surface area contributed by atoms with Gasteiger partial charge in [0.1, 0.15) is 0 Å². The third-order valence-corrected chi connectivity index (χ3v) is 6.46. The number of fused-ring (bicyclic) bond motifs is 1. The fourth-order valence-electron chi connectivity index (χ4n) is 4.59. The molecule has 30 heavy (non-hydrogen) atoms. The van der Waals surface area contributed by atoms with E-state index in [-0.39, 0.29) is 11.8 Å². The Balaban J connectivity index is 1.28. The molecular weight excluding hydrogens is 376 g/mol. The zero-order chi connectivity index (χ0) is 21.1. The molecule has 0 N–H and O–H groups in total. The number of hydrogen-bond donors (Lipinski definition) is 0. The minimum absolute atomic E-state index is 0.0555. The van der Waals surface area contributed by atoms with Gasteiger partial charge >= 0.3 is 0 Å². The Morgan fingerprint density at radius 2 is 1.83 bits per heavy atom. The molecule has 1 aromatic heterocycles. The predicted octanol–water partition coefficient (Wildman–Crippen LogP) is 3.37. The van der Waals surface area contributed by atoms with Crippen LogP contribution in [0.1, 0.15) is 42.1 Å². The van der Waals surface area contributed by atoms with Gasteiger partial charge in [0.25, 0.3) is 5.91 Å². The summed E-state index contributed by atoms with van der Waals surface area (Å²) >= 11 is 0. The lowest BCUT2D eigenvalue weighted by Crippen LogP contribution is -2.35. The maximum Gasteiger partial charge on any atom is 0.253 e. The lowest BCUT2D eigenvalue weighted by molar-refractivity contribution is -0.116. The van der Waals surface area contributed by atoms with Crippen LogP contribution in [0.2, 0.25) is 0 Å². The molecule has 0 atom stereocenters. The number of anilines is 2. The second kappa shape index (κ2) is 8.86. The molecule has 4 rings (SSSR count). The van der Waals surface area contributed by atoms with E-state index in [1.165, 1.54) is 5.69 Å². The fraction of sp³-hybridized carbons (Fsp3) is 0.458. The van der Waals surface area contributed by atoms with Crippen LogP contribution < -0.4 is 9.80 Å². The Bertz CT molecular complexity index is 907. The third kappa shape index (κ3) is 4.32. The Hall–Kier alpha value is -2.89. The average Bonchev–Trinajstić information content (AvgIpc) is 3.21. The van der Waals surface area contributed by atoms with Gasteiger partial charge in [0.2, 0.25) is 5.91 Å². The van der Waals surface area contributed by atoms with Crippen LogP contribution in [0.15, 0.2) is 42.7 Å². The molecule has 1 aromatic carbocycles. The van der Waals surface area contributed by atoms with E-state index < -0.39 is 0 Å². The average molecular weight is 407 g/mol. The molecule has 0 spiro atoms. The van der Waals surface area contributed by atoms with E-state index in [9.17, 15) is 9.59 Å². The van der Waals surface area contributed by atoms with E-state index in [0.29, 0.717) is 18.0 Å². The maximum atomic E-state index is 12.9. The van der Waals surface area contributed by atoms with Gasteiger partial charge in [-0.2, -0.15) is 0 Å². The molecule has 2 aromatic rings. The lowest BCUT2D eigenvalue weighted by Gasteiger charge is -2.34. The summed E-state index contributed by atoms with van der Waals surface area (Å²) in [6.07, 6.45) is 7.86. The van der Waals surface area contributed by atoms with E-state index in [1.807, 2.05) is 42.5 Å². The van der Waals surface area contributed by atoms with E-state index in [4.69, 9.17) is 0 Å². The molecule has 6 heteroatoms. The molecule has 2 amide bonds. The monoisotopic (exact) mass is 406 g/mol. The van der Waals surface area contributed by atoms with Crippen molar-refractivity contribution in [3.05, 3.63) is 53.9 Å². The van der Waals surface area contributed by atoms with Gasteiger partial charge < -0.3 is 14.7 Å². The van der Waals surface area contributed by atoms with Crippen molar-refractivity contribution >= 4 is 23.2 Å². The van der Waals surface area contributed by atoms with Gasteiger partial charge in [-0.1, -0.05) is 0 Å². The largest absolute Gasteiger partial charge is 0.371 e. The Labute approximate surface area is 178 Å². The molecule has 1 saturated heterocycles. The zero-order valence-corrected chi connectivity index (χ0v) is 17.9. The molecule has 0 unspecified atom stereocenters. The van der Waals surface area contributed by atoms with Gasteiger partial charge in [-0.05, 0) is 67.5 Å². The minimum atomic E-state index is 0.0555. The van der Waals surface area contributed by atoms with Gasteiger partial charge in [0.15, 0.2) is 0 Å². The van der Waals surface area contributed by atoms with Crippen LogP contribution in [0.4, 0.5) is 11.4 Å². The summed E-state index contributed by atoms with van der Waals surface area (Å²) in [5, 5.41) is 0. The first-order valence-electron chi connectivity index (χ1n) is 10.8. The van der Waals surface area contributed by atoms with Crippen molar-refractivity contribution < 1.29 is 9.59 Å². The molecule has 158 valence electrons. The highest BCUT2D eigenvalue weighted by atomic mass is 16.2. The molecular formula is C24H30N4O2. The van der Waals surface area contributed by atoms with Crippen molar-refractivity contribution in [3.8, 4) is 0 Å². The standard InChI is InChI=1S/C24H30N4O2/c1-18(29)28-16-10-20-17-21(3-4-23(20)28)24(30)26(2)13-7-19-8-14-27(15-9-19)22-5-11-25-12-6-22/h3-6,11-12,17,19H,7-10,13-16H2,1-2H3. The number of pyridine rings is 1. The summed E-state index contributed by atoms with van der Waals surface area (Å²) in [6.45, 7) is 5.18. The van der Waals surface area contributed by atoms with Crippen molar-refractivity contribution in [3.63, 3.8) is 0 Å². The second-order valence-corrected chi connectivity index (χ2v) is 8.42. The van der Waals surface area contributed by atoms with Gasteiger partial charge in [-0.25, -0.2) is 0 Å². The summed E-state index contributed by atoms with van der Waals surface area (Å²) in [5.41, 5.74) is 4.00. The van der Waals surface area contributed by atoms with E-state index in [2.05, 4.69) is 22.0 Å². The maximum absolute atomic E-state index is 12.9. The number of nitrogens with zero attached hydrogens (tertiary/aromatic N) is 4. The first-order chi connectivity index (χ1) is 14.5. The smallest absolute Gasteiger partial charge is 0.253 e. The van der Waals surface area contributed by atoms with Crippen LogP contribution >= 0.6 is 0 Å². The van der Waals surface area contributed by atoms with Crippen molar-refractivity contribution in [2.24, 2.45) is 5.92 Å². The van der Waals surface area contributed by atoms with Crippen LogP contribution in [0, 0.1) is 5.92 Å². The zero-order valence-electron chi connectivity index (χ0n) is 17.9. The molecule has 0 radical (unpaired) electrons. The molecule has 2 aliphatic rings. The lowest BCUT2D eigenvalue weighted by atomic mass is 9.93.